The molecule has 0 aromatic heterocycles. The third-order valence-electron chi connectivity index (χ3n) is 3.05. The van der Waals surface area contributed by atoms with Crippen molar-refractivity contribution < 1.29 is 5.11 Å². The Kier molecular flexibility index (Phi) is 5.53. The smallest absolute Gasteiger partial charge is 0.0991 e. The van der Waals surface area contributed by atoms with Crippen LogP contribution in [0, 0.1) is 16.7 Å². The van der Waals surface area contributed by atoms with Crippen LogP contribution in [-0.4, -0.2) is 17.8 Å². The van der Waals surface area contributed by atoms with Crippen LogP contribution in [0.5, 0.6) is 0 Å². The third kappa shape index (κ3) is 5.87. The molecule has 104 valence electrons. The molecule has 19 heavy (non-hydrogen) atoms. The molecule has 0 bridgehead atoms. The van der Waals surface area contributed by atoms with Crippen molar-refractivity contribution in [3.63, 3.8) is 0 Å². The van der Waals surface area contributed by atoms with Gasteiger partial charge in [0.25, 0.3) is 0 Å². The van der Waals surface area contributed by atoms with Gasteiger partial charge in [0, 0.05) is 12.6 Å². The highest BCUT2D eigenvalue weighted by Gasteiger charge is 2.17. The van der Waals surface area contributed by atoms with Crippen molar-refractivity contribution in [2.24, 2.45) is 5.41 Å². The molecular formula is C16H24N2O. The van der Waals surface area contributed by atoms with Gasteiger partial charge in [-0.05, 0) is 36.5 Å². The van der Waals surface area contributed by atoms with Crippen LogP contribution in [0.3, 0.4) is 0 Å². The van der Waals surface area contributed by atoms with Crippen molar-refractivity contribution in [2.75, 3.05) is 6.54 Å². The molecule has 0 saturated heterocycles. The Morgan fingerprint density at radius 3 is 2.32 bits per heavy atom. The van der Waals surface area contributed by atoms with Gasteiger partial charge in [-0.1, -0.05) is 32.9 Å². The fraction of sp³-hybridized carbons (Fsp3) is 0.562. The summed E-state index contributed by atoms with van der Waals surface area (Å²) in [6, 6.07) is 9.82. The lowest BCUT2D eigenvalue weighted by Gasteiger charge is -2.24. The van der Waals surface area contributed by atoms with Crippen molar-refractivity contribution >= 4 is 0 Å². The standard InChI is InChI=1S/C16H24N2O/c1-12(14-7-5-13(10-17)6-8-14)18-11-15(19)9-16(2,3)4/h5-8,12,15,18-19H,9,11H2,1-4H3. The van der Waals surface area contributed by atoms with Crippen LogP contribution in [0.1, 0.15) is 51.3 Å². The molecular weight excluding hydrogens is 236 g/mol. The highest BCUT2D eigenvalue weighted by molar-refractivity contribution is 5.32. The van der Waals surface area contributed by atoms with E-state index < -0.39 is 0 Å². The third-order valence-corrected chi connectivity index (χ3v) is 3.05. The Morgan fingerprint density at radius 2 is 1.84 bits per heavy atom. The quantitative estimate of drug-likeness (QED) is 0.855. The largest absolute Gasteiger partial charge is 0.392 e. The summed E-state index contributed by atoms with van der Waals surface area (Å²) >= 11 is 0. The van der Waals surface area contributed by atoms with E-state index in [0.29, 0.717) is 12.1 Å². The van der Waals surface area contributed by atoms with E-state index in [9.17, 15) is 5.11 Å². The second-order valence-electron chi connectivity index (χ2n) is 6.28. The predicted molar refractivity (Wildman–Crippen MR) is 77.7 cm³/mol. The molecule has 0 aliphatic rings. The van der Waals surface area contributed by atoms with E-state index >= 15 is 0 Å². The van der Waals surface area contributed by atoms with Gasteiger partial charge in [0.15, 0.2) is 0 Å². The van der Waals surface area contributed by atoms with E-state index in [-0.39, 0.29) is 17.6 Å². The molecule has 1 aromatic carbocycles. The number of nitrogens with zero attached hydrogens (tertiary/aromatic N) is 1. The Morgan fingerprint density at radius 1 is 1.26 bits per heavy atom. The van der Waals surface area contributed by atoms with Crippen molar-refractivity contribution in [3.8, 4) is 6.07 Å². The van der Waals surface area contributed by atoms with Crippen LogP contribution < -0.4 is 5.32 Å². The molecule has 2 unspecified atom stereocenters. The normalized spacial score (nSPS) is 14.7. The highest BCUT2D eigenvalue weighted by atomic mass is 16.3. The number of hydrogen-bond donors (Lipinski definition) is 2. The number of aliphatic hydroxyl groups excluding tert-OH is 1. The molecule has 2 N–H and O–H groups in total. The molecule has 1 rings (SSSR count). The molecule has 0 amide bonds. The van der Waals surface area contributed by atoms with Crippen molar-refractivity contribution in [1.29, 1.82) is 5.26 Å². The summed E-state index contributed by atoms with van der Waals surface area (Å²) in [5, 5.41) is 22.0. The van der Waals surface area contributed by atoms with Crippen LogP contribution in [-0.2, 0) is 0 Å². The zero-order chi connectivity index (χ0) is 14.5. The van der Waals surface area contributed by atoms with Crippen molar-refractivity contribution in [1.82, 2.24) is 5.32 Å². The molecule has 0 saturated carbocycles. The number of benzene rings is 1. The second kappa shape index (κ2) is 6.70. The monoisotopic (exact) mass is 260 g/mol. The van der Waals surface area contributed by atoms with Gasteiger partial charge in [-0.15, -0.1) is 0 Å². The van der Waals surface area contributed by atoms with Crippen molar-refractivity contribution in [3.05, 3.63) is 35.4 Å². The van der Waals surface area contributed by atoms with E-state index in [1.54, 1.807) is 0 Å². The molecule has 1 aromatic rings. The summed E-state index contributed by atoms with van der Waals surface area (Å²) in [5.41, 5.74) is 1.93. The summed E-state index contributed by atoms with van der Waals surface area (Å²) < 4.78 is 0. The van der Waals surface area contributed by atoms with Crippen LogP contribution in [0.15, 0.2) is 24.3 Å². The van der Waals surface area contributed by atoms with Gasteiger partial charge in [0.05, 0.1) is 17.7 Å². The summed E-state index contributed by atoms with van der Waals surface area (Å²) in [7, 11) is 0. The minimum absolute atomic E-state index is 0.138. The van der Waals surface area contributed by atoms with Gasteiger partial charge in [-0.2, -0.15) is 5.26 Å². The summed E-state index contributed by atoms with van der Waals surface area (Å²) in [6.07, 6.45) is 0.445. The lowest BCUT2D eigenvalue weighted by molar-refractivity contribution is 0.117. The molecule has 2 atom stereocenters. The minimum Gasteiger partial charge on any atom is -0.392 e. The fourth-order valence-corrected chi connectivity index (χ4v) is 2.06. The van der Waals surface area contributed by atoms with Gasteiger partial charge < -0.3 is 10.4 Å². The van der Waals surface area contributed by atoms with Gasteiger partial charge in [0.1, 0.15) is 0 Å². The summed E-state index contributed by atoms with van der Waals surface area (Å²) in [5.74, 6) is 0. The van der Waals surface area contributed by atoms with E-state index in [1.807, 2.05) is 24.3 Å². The lowest BCUT2D eigenvalue weighted by Crippen LogP contribution is -2.31. The molecule has 0 radical (unpaired) electrons. The summed E-state index contributed by atoms with van der Waals surface area (Å²) in [6.45, 7) is 9.02. The van der Waals surface area contributed by atoms with E-state index in [0.717, 1.165) is 12.0 Å². The Bertz CT molecular complexity index is 426. The average molecular weight is 260 g/mol. The Hall–Kier alpha value is -1.37. The summed E-state index contributed by atoms with van der Waals surface area (Å²) in [4.78, 5) is 0. The fourth-order valence-electron chi connectivity index (χ4n) is 2.06. The molecule has 0 spiro atoms. The number of nitrogens with one attached hydrogen (secondary N) is 1. The zero-order valence-electron chi connectivity index (χ0n) is 12.3. The van der Waals surface area contributed by atoms with E-state index in [2.05, 4.69) is 39.1 Å². The number of aliphatic hydroxyl groups is 1. The van der Waals surface area contributed by atoms with E-state index in [1.165, 1.54) is 0 Å². The number of rotatable bonds is 5. The van der Waals surface area contributed by atoms with Crippen LogP contribution >= 0.6 is 0 Å². The maximum absolute atomic E-state index is 9.96. The molecule has 0 fully saturated rings. The van der Waals surface area contributed by atoms with Crippen LogP contribution in [0.4, 0.5) is 0 Å². The second-order valence-corrected chi connectivity index (χ2v) is 6.28. The van der Waals surface area contributed by atoms with Crippen molar-refractivity contribution in [2.45, 2.75) is 46.3 Å². The molecule has 0 aliphatic heterocycles. The van der Waals surface area contributed by atoms with Crippen LogP contribution in [0.25, 0.3) is 0 Å². The van der Waals surface area contributed by atoms with Gasteiger partial charge in [-0.25, -0.2) is 0 Å². The molecule has 3 heteroatoms. The van der Waals surface area contributed by atoms with E-state index in [4.69, 9.17) is 5.26 Å². The molecule has 0 heterocycles. The van der Waals surface area contributed by atoms with Gasteiger partial charge in [-0.3, -0.25) is 0 Å². The SMILES string of the molecule is CC(NCC(O)CC(C)(C)C)c1ccc(C#N)cc1. The maximum atomic E-state index is 9.96. The van der Waals surface area contributed by atoms with Gasteiger partial charge in [0.2, 0.25) is 0 Å². The maximum Gasteiger partial charge on any atom is 0.0991 e. The number of nitriles is 1. The Labute approximate surface area is 116 Å². The molecule has 0 aliphatic carbocycles. The predicted octanol–water partition coefficient (Wildman–Crippen LogP) is 3.01. The lowest BCUT2D eigenvalue weighted by atomic mass is 9.89. The minimum atomic E-state index is -0.333. The first-order valence-electron chi connectivity index (χ1n) is 6.73. The zero-order valence-corrected chi connectivity index (χ0v) is 12.3. The molecule has 3 nitrogen and oxygen atoms in total. The highest BCUT2D eigenvalue weighted by Crippen LogP contribution is 2.21. The Balaban J connectivity index is 2.46. The van der Waals surface area contributed by atoms with Crippen LogP contribution in [0.2, 0.25) is 0 Å². The first kappa shape index (κ1) is 15.7. The average Bonchev–Trinajstić information content (AvgIpc) is 2.34. The van der Waals surface area contributed by atoms with Gasteiger partial charge >= 0.3 is 0 Å². The topological polar surface area (TPSA) is 56.0 Å². The first-order valence-corrected chi connectivity index (χ1v) is 6.73. The number of hydrogen-bond acceptors (Lipinski definition) is 3. The first-order chi connectivity index (χ1) is 8.81.